The van der Waals surface area contributed by atoms with Gasteiger partial charge in [-0.25, -0.2) is 0 Å². The predicted octanol–water partition coefficient (Wildman–Crippen LogP) is 2.33. The minimum absolute atomic E-state index is 0.222. The Bertz CT molecular complexity index is 442. The van der Waals surface area contributed by atoms with E-state index < -0.39 is 0 Å². The molecule has 0 unspecified atom stereocenters. The molecule has 0 bridgehead atoms. The maximum atomic E-state index is 12.2. The minimum atomic E-state index is 0.222. The van der Waals surface area contributed by atoms with E-state index in [0.29, 0.717) is 5.75 Å². The second kappa shape index (κ2) is 8.29. The first-order valence-electron chi connectivity index (χ1n) is 7.53. The number of carbonyl (C=O) groups excluding carboxylic acids is 1. The van der Waals surface area contributed by atoms with Gasteiger partial charge in [-0.3, -0.25) is 4.79 Å². The molecule has 2 N–H and O–H groups in total. The molecule has 0 spiro atoms. The number of amides is 1. The summed E-state index contributed by atoms with van der Waals surface area (Å²) in [5, 5.41) is 12.4. The van der Waals surface area contributed by atoms with Crippen molar-refractivity contribution >= 4 is 17.7 Å². The van der Waals surface area contributed by atoms with Crippen molar-refractivity contribution in [3.63, 3.8) is 0 Å². The fourth-order valence-electron chi connectivity index (χ4n) is 2.60. The van der Waals surface area contributed by atoms with E-state index in [2.05, 4.69) is 5.32 Å². The second-order valence-electron chi connectivity index (χ2n) is 5.50. The van der Waals surface area contributed by atoms with Crippen molar-refractivity contribution in [1.82, 2.24) is 10.2 Å². The Morgan fingerprint density at radius 2 is 2.00 bits per heavy atom. The summed E-state index contributed by atoms with van der Waals surface area (Å²) >= 11 is 1.53. The number of likely N-dealkylation sites (tertiary alicyclic amines) is 1. The molecular formula is C16H24N2O2S. The molecule has 1 aromatic carbocycles. The summed E-state index contributed by atoms with van der Waals surface area (Å²) in [6.07, 6.45) is 3.45. The molecule has 21 heavy (non-hydrogen) atoms. The zero-order valence-electron chi connectivity index (χ0n) is 12.5. The maximum Gasteiger partial charge on any atom is 0.232 e. The van der Waals surface area contributed by atoms with Crippen molar-refractivity contribution in [2.24, 2.45) is 5.92 Å². The average Bonchev–Trinajstić information content (AvgIpc) is 2.52. The number of rotatable bonds is 6. The van der Waals surface area contributed by atoms with E-state index in [1.165, 1.54) is 18.2 Å². The summed E-state index contributed by atoms with van der Waals surface area (Å²) in [6.45, 7) is 2.85. The smallest absolute Gasteiger partial charge is 0.232 e. The molecule has 1 amide bonds. The molecule has 1 aromatic rings. The second-order valence-corrected chi connectivity index (χ2v) is 6.55. The normalized spacial score (nSPS) is 16.1. The highest BCUT2D eigenvalue weighted by atomic mass is 32.2. The Morgan fingerprint density at radius 1 is 1.33 bits per heavy atom. The molecule has 1 saturated heterocycles. The Morgan fingerprint density at radius 3 is 2.62 bits per heavy atom. The van der Waals surface area contributed by atoms with Gasteiger partial charge in [-0.1, -0.05) is 0 Å². The number of nitrogens with zero attached hydrogens (tertiary/aromatic N) is 1. The molecule has 0 radical (unpaired) electrons. The number of piperidine rings is 1. The van der Waals surface area contributed by atoms with Gasteiger partial charge in [0.15, 0.2) is 0 Å². The van der Waals surface area contributed by atoms with Crippen molar-refractivity contribution in [2.45, 2.75) is 24.2 Å². The summed E-state index contributed by atoms with van der Waals surface area (Å²) in [5.41, 5.74) is 0. The van der Waals surface area contributed by atoms with Crippen LogP contribution in [0.5, 0.6) is 5.75 Å². The average molecular weight is 308 g/mol. The van der Waals surface area contributed by atoms with E-state index in [1.54, 1.807) is 12.1 Å². The largest absolute Gasteiger partial charge is 0.508 e. The van der Waals surface area contributed by atoms with Gasteiger partial charge in [-0.05, 0) is 63.0 Å². The van der Waals surface area contributed by atoms with Crippen LogP contribution in [0.2, 0.25) is 0 Å². The highest BCUT2D eigenvalue weighted by molar-refractivity contribution is 8.00. The third-order valence-electron chi connectivity index (χ3n) is 3.97. The molecule has 116 valence electrons. The van der Waals surface area contributed by atoms with Gasteiger partial charge >= 0.3 is 0 Å². The number of carbonyl (C=O) groups is 1. The van der Waals surface area contributed by atoms with Crippen molar-refractivity contribution in [2.75, 3.05) is 32.4 Å². The quantitative estimate of drug-likeness (QED) is 0.792. The van der Waals surface area contributed by atoms with Crippen molar-refractivity contribution < 1.29 is 9.90 Å². The molecule has 1 fully saturated rings. The van der Waals surface area contributed by atoms with Crippen molar-refractivity contribution in [1.29, 1.82) is 0 Å². The van der Waals surface area contributed by atoms with Gasteiger partial charge in [0, 0.05) is 18.0 Å². The predicted molar refractivity (Wildman–Crippen MR) is 86.7 cm³/mol. The third-order valence-corrected chi connectivity index (χ3v) is 4.97. The molecule has 4 nitrogen and oxygen atoms in total. The number of hydrogen-bond donors (Lipinski definition) is 2. The lowest BCUT2D eigenvalue weighted by atomic mass is 9.93. The maximum absolute atomic E-state index is 12.2. The molecule has 5 heteroatoms. The summed E-state index contributed by atoms with van der Waals surface area (Å²) in [5.74, 6) is 1.71. The van der Waals surface area contributed by atoms with E-state index in [1.807, 2.05) is 24.1 Å². The Hall–Kier alpha value is -1.20. The molecule has 0 aliphatic carbocycles. The zero-order chi connectivity index (χ0) is 15.1. The van der Waals surface area contributed by atoms with Crippen LogP contribution < -0.4 is 5.32 Å². The van der Waals surface area contributed by atoms with Gasteiger partial charge in [0.25, 0.3) is 0 Å². The van der Waals surface area contributed by atoms with Crippen LogP contribution in [0.1, 0.15) is 19.3 Å². The minimum Gasteiger partial charge on any atom is -0.508 e. The summed E-state index contributed by atoms with van der Waals surface area (Å²) < 4.78 is 0. The highest BCUT2D eigenvalue weighted by Crippen LogP contribution is 2.23. The molecule has 1 aliphatic heterocycles. The summed E-state index contributed by atoms with van der Waals surface area (Å²) in [6, 6.07) is 6.99. The van der Waals surface area contributed by atoms with Crippen LogP contribution in [0.3, 0.4) is 0 Å². The van der Waals surface area contributed by atoms with Gasteiger partial charge in [0.1, 0.15) is 5.75 Å². The summed E-state index contributed by atoms with van der Waals surface area (Å²) in [7, 11) is 1.99. The Kier molecular flexibility index (Phi) is 6.39. The van der Waals surface area contributed by atoms with E-state index in [0.717, 1.165) is 43.3 Å². The van der Waals surface area contributed by atoms with Crippen LogP contribution >= 0.6 is 11.8 Å². The third kappa shape index (κ3) is 5.25. The number of thioether (sulfide) groups is 1. The first-order chi connectivity index (χ1) is 10.2. The standard InChI is InChI=1S/C16H24N2O2S/c1-17-9-6-13-7-10-18(11-8-13)16(20)12-21-15-4-2-14(19)3-5-15/h2-5,13,17,19H,6-12H2,1H3. The monoisotopic (exact) mass is 308 g/mol. The number of phenolic OH excluding ortho intramolecular Hbond substituents is 1. The number of aromatic hydroxyl groups is 1. The van der Waals surface area contributed by atoms with E-state index in [9.17, 15) is 9.90 Å². The van der Waals surface area contributed by atoms with Gasteiger partial charge in [-0.15, -0.1) is 11.8 Å². The number of phenols is 1. The molecule has 0 saturated carbocycles. The fraction of sp³-hybridized carbons (Fsp3) is 0.562. The van der Waals surface area contributed by atoms with Gasteiger partial charge in [-0.2, -0.15) is 0 Å². The molecule has 0 atom stereocenters. The van der Waals surface area contributed by atoms with Crippen LogP contribution in [0, 0.1) is 5.92 Å². The topological polar surface area (TPSA) is 52.6 Å². The lowest BCUT2D eigenvalue weighted by Crippen LogP contribution is -2.39. The van der Waals surface area contributed by atoms with Crippen LogP contribution in [0.25, 0.3) is 0 Å². The molecule has 2 rings (SSSR count). The highest BCUT2D eigenvalue weighted by Gasteiger charge is 2.22. The van der Waals surface area contributed by atoms with E-state index in [-0.39, 0.29) is 11.7 Å². The molecule has 1 aliphatic rings. The first-order valence-corrected chi connectivity index (χ1v) is 8.52. The fourth-order valence-corrected chi connectivity index (χ4v) is 3.40. The van der Waals surface area contributed by atoms with Gasteiger partial charge in [0.2, 0.25) is 5.91 Å². The Balaban J connectivity index is 1.71. The van der Waals surface area contributed by atoms with Crippen LogP contribution in [-0.2, 0) is 4.79 Å². The SMILES string of the molecule is CNCCC1CCN(C(=O)CSc2ccc(O)cc2)CC1. The zero-order valence-corrected chi connectivity index (χ0v) is 13.4. The number of benzene rings is 1. The van der Waals surface area contributed by atoms with Crippen LogP contribution in [-0.4, -0.2) is 48.3 Å². The van der Waals surface area contributed by atoms with Crippen molar-refractivity contribution in [3.05, 3.63) is 24.3 Å². The lowest BCUT2D eigenvalue weighted by molar-refractivity contribution is -0.129. The molecular weight excluding hydrogens is 284 g/mol. The van der Waals surface area contributed by atoms with Crippen molar-refractivity contribution in [3.8, 4) is 5.75 Å². The number of nitrogens with one attached hydrogen (secondary N) is 1. The van der Waals surface area contributed by atoms with Gasteiger partial charge in [0.05, 0.1) is 5.75 Å². The first kappa shape index (κ1) is 16.2. The molecule has 0 aromatic heterocycles. The molecule has 1 heterocycles. The summed E-state index contributed by atoms with van der Waals surface area (Å²) in [4.78, 5) is 15.2. The Labute approximate surface area is 130 Å². The van der Waals surface area contributed by atoms with Crippen LogP contribution in [0.4, 0.5) is 0 Å². The number of hydrogen-bond acceptors (Lipinski definition) is 4. The van der Waals surface area contributed by atoms with E-state index >= 15 is 0 Å². The van der Waals surface area contributed by atoms with Crippen LogP contribution in [0.15, 0.2) is 29.2 Å². The lowest BCUT2D eigenvalue weighted by Gasteiger charge is -2.32. The van der Waals surface area contributed by atoms with E-state index in [4.69, 9.17) is 0 Å². The van der Waals surface area contributed by atoms with Gasteiger partial charge < -0.3 is 15.3 Å².